The number of fused-ring (bicyclic) bond motifs is 1. The van der Waals surface area contributed by atoms with Crippen molar-refractivity contribution in [2.24, 2.45) is 0 Å². The van der Waals surface area contributed by atoms with E-state index >= 15 is 0 Å². The minimum Gasteiger partial charge on any atom is -0.477 e. The molecule has 0 aliphatic rings. The van der Waals surface area contributed by atoms with Gasteiger partial charge in [-0.25, -0.2) is 14.6 Å². The van der Waals surface area contributed by atoms with Crippen LogP contribution in [-0.4, -0.2) is 21.0 Å². The smallest absolute Gasteiger partial charge is 0.347 e. The van der Waals surface area contributed by atoms with Crippen LogP contribution in [0.2, 0.25) is 0 Å². The highest BCUT2D eigenvalue weighted by atomic mass is 79.9. The highest BCUT2D eigenvalue weighted by molar-refractivity contribution is 9.10. The zero-order chi connectivity index (χ0) is 10.3. The first-order chi connectivity index (χ1) is 6.59. The number of halogens is 1. The number of carbonyl (C=O) groups is 1. The molecule has 5 nitrogen and oxygen atoms in total. The minimum absolute atomic E-state index is 0.156. The van der Waals surface area contributed by atoms with Crippen molar-refractivity contribution in [2.45, 2.75) is 0 Å². The van der Waals surface area contributed by atoms with E-state index in [9.17, 15) is 9.59 Å². The maximum atomic E-state index is 10.9. The molecule has 0 radical (unpaired) electrons. The van der Waals surface area contributed by atoms with E-state index in [1.54, 1.807) is 0 Å². The number of thiophene rings is 1. The Hall–Kier alpha value is -1.21. The standard InChI is InChI=1S/C7H3BrN2O3S/c8-3-2-1-9-7(13)10-5(2)14-4(3)6(11)12/h1H,(H,11,12)(H,9,10,13). The zero-order valence-electron chi connectivity index (χ0n) is 6.57. The van der Waals surface area contributed by atoms with E-state index in [-0.39, 0.29) is 4.88 Å². The van der Waals surface area contributed by atoms with Gasteiger partial charge in [-0.15, -0.1) is 11.3 Å². The molecule has 2 N–H and O–H groups in total. The third kappa shape index (κ3) is 1.34. The highest BCUT2D eigenvalue weighted by Crippen LogP contribution is 2.32. The first kappa shape index (κ1) is 9.35. The first-order valence-corrected chi connectivity index (χ1v) is 5.11. The Kier molecular flexibility index (Phi) is 2.12. The van der Waals surface area contributed by atoms with Gasteiger partial charge in [0.15, 0.2) is 0 Å². The number of carboxylic acids is 1. The number of H-pyrrole nitrogens is 1. The van der Waals surface area contributed by atoms with Gasteiger partial charge in [0.1, 0.15) is 9.71 Å². The zero-order valence-corrected chi connectivity index (χ0v) is 8.98. The van der Waals surface area contributed by atoms with Gasteiger partial charge in [0.25, 0.3) is 0 Å². The molecule has 72 valence electrons. The summed E-state index contributed by atoms with van der Waals surface area (Å²) in [5.41, 5.74) is -0.483. The molecular weight excluding hydrogens is 272 g/mol. The van der Waals surface area contributed by atoms with Crippen LogP contribution in [0.5, 0.6) is 0 Å². The summed E-state index contributed by atoms with van der Waals surface area (Å²) < 4.78 is 0.453. The van der Waals surface area contributed by atoms with E-state index in [0.29, 0.717) is 14.7 Å². The number of rotatable bonds is 1. The van der Waals surface area contributed by atoms with Crippen molar-refractivity contribution in [1.82, 2.24) is 9.97 Å². The fraction of sp³-hybridized carbons (Fsp3) is 0. The molecule has 2 heterocycles. The van der Waals surface area contributed by atoms with Gasteiger partial charge in [0, 0.05) is 11.6 Å². The molecule has 0 unspecified atom stereocenters. The summed E-state index contributed by atoms with van der Waals surface area (Å²) in [4.78, 5) is 28.2. The Morgan fingerprint density at radius 1 is 1.64 bits per heavy atom. The van der Waals surface area contributed by atoms with Gasteiger partial charge in [-0.2, -0.15) is 0 Å². The Balaban J connectivity index is 2.86. The monoisotopic (exact) mass is 274 g/mol. The summed E-state index contributed by atoms with van der Waals surface area (Å²) in [5.74, 6) is -1.03. The SMILES string of the molecule is O=C(O)c1sc2[nH]c(=O)ncc2c1Br. The van der Waals surface area contributed by atoms with Crippen molar-refractivity contribution in [3.05, 3.63) is 26.0 Å². The molecule has 0 bridgehead atoms. The average Bonchev–Trinajstić information content (AvgIpc) is 2.43. The van der Waals surface area contributed by atoms with Crippen molar-refractivity contribution in [3.8, 4) is 0 Å². The minimum atomic E-state index is -1.03. The number of nitrogens with zero attached hydrogens (tertiary/aromatic N) is 1. The quantitative estimate of drug-likeness (QED) is 0.825. The lowest BCUT2D eigenvalue weighted by Gasteiger charge is -1.87. The van der Waals surface area contributed by atoms with Gasteiger partial charge in [-0.05, 0) is 15.9 Å². The van der Waals surface area contributed by atoms with Crippen LogP contribution in [-0.2, 0) is 0 Å². The Morgan fingerprint density at radius 2 is 2.36 bits per heavy atom. The normalized spacial score (nSPS) is 10.6. The van der Waals surface area contributed by atoms with Gasteiger partial charge in [-0.3, -0.25) is 4.98 Å². The van der Waals surface area contributed by atoms with E-state index in [4.69, 9.17) is 5.11 Å². The van der Waals surface area contributed by atoms with Crippen LogP contribution in [0.3, 0.4) is 0 Å². The molecule has 2 rings (SSSR count). The maximum absolute atomic E-state index is 10.9. The number of hydrogen-bond donors (Lipinski definition) is 2. The van der Waals surface area contributed by atoms with Gasteiger partial charge in [-0.1, -0.05) is 0 Å². The van der Waals surface area contributed by atoms with E-state index in [0.717, 1.165) is 11.3 Å². The number of nitrogens with one attached hydrogen (secondary N) is 1. The number of hydrogen-bond acceptors (Lipinski definition) is 4. The summed E-state index contributed by atoms with van der Waals surface area (Å²) in [6.45, 7) is 0. The lowest BCUT2D eigenvalue weighted by molar-refractivity contribution is 0.0701. The topological polar surface area (TPSA) is 83.0 Å². The van der Waals surface area contributed by atoms with E-state index in [1.807, 2.05) is 0 Å². The predicted octanol–water partition coefficient (Wildman–Crippen LogP) is 1.45. The largest absolute Gasteiger partial charge is 0.477 e. The van der Waals surface area contributed by atoms with E-state index in [2.05, 4.69) is 25.9 Å². The van der Waals surface area contributed by atoms with Crippen LogP contribution in [0.1, 0.15) is 9.67 Å². The number of aromatic amines is 1. The van der Waals surface area contributed by atoms with Crippen molar-refractivity contribution in [2.75, 3.05) is 0 Å². The second kappa shape index (κ2) is 3.18. The predicted molar refractivity (Wildman–Crippen MR) is 54.9 cm³/mol. The van der Waals surface area contributed by atoms with Gasteiger partial charge < -0.3 is 5.11 Å². The van der Waals surface area contributed by atoms with Crippen LogP contribution in [0, 0.1) is 0 Å². The third-order valence-electron chi connectivity index (χ3n) is 1.61. The van der Waals surface area contributed by atoms with Crippen LogP contribution in [0.15, 0.2) is 15.5 Å². The lowest BCUT2D eigenvalue weighted by Crippen LogP contribution is -2.07. The van der Waals surface area contributed by atoms with Gasteiger partial charge in [0.2, 0.25) is 0 Å². The number of aromatic nitrogens is 2. The first-order valence-electron chi connectivity index (χ1n) is 3.50. The summed E-state index contributed by atoms with van der Waals surface area (Å²) in [7, 11) is 0. The van der Waals surface area contributed by atoms with Crippen LogP contribution in [0.25, 0.3) is 10.2 Å². The Labute approximate surface area is 89.5 Å². The molecule has 2 aromatic heterocycles. The summed E-state index contributed by atoms with van der Waals surface area (Å²) in [5, 5.41) is 9.41. The molecule has 0 aromatic carbocycles. The van der Waals surface area contributed by atoms with Crippen LogP contribution < -0.4 is 5.69 Å². The van der Waals surface area contributed by atoms with Crippen molar-refractivity contribution in [1.29, 1.82) is 0 Å². The van der Waals surface area contributed by atoms with Crippen molar-refractivity contribution < 1.29 is 9.90 Å². The van der Waals surface area contributed by atoms with Crippen LogP contribution >= 0.6 is 27.3 Å². The number of aromatic carboxylic acids is 1. The fourth-order valence-corrected chi connectivity index (χ4v) is 2.76. The second-order valence-corrected chi connectivity index (χ2v) is 4.30. The summed E-state index contributed by atoms with van der Waals surface area (Å²) in [6, 6.07) is 0. The maximum Gasteiger partial charge on any atom is 0.347 e. The average molecular weight is 275 g/mol. The van der Waals surface area contributed by atoms with Gasteiger partial charge >= 0.3 is 11.7 Å². The highest BCUT2D eigenvalue weighted by Gasteiger charge is 2.16. The lowest BCUT2D eigenvalue weighted by atomic mass is 10.4. The van der Waals surface area contributed by atoms with Crippen molar-refractivity contribution in [3.63, 3.8) is 0 Å². The fourth-order valence-electron chi connectivity index (χ4n) is 1.02. The molecule has 0 saturated heterocycles. The van der Waals surface area contributed by atoms with Gasteiger partial charge in [0.05, 0.1) is 4.47 Å². The molecule has 7 heteroatoms. The molecule has 2 aromatic rings. The molecule has 0 spiro atoms. The van der Waals surface area contributed by atoms with E-state index in [1.165, 1.54) is 6.20 Å². The molecule has 0 atom stereocenters. The van der Waals surface area contributed by atoms with Crippen LogP contribution in [0.4, 0.5) is 0 Å². The molecule has 0 fully saturated rings. The second-order valence-electron chi connectivity index (χ2n) is 2.48. The molecule has 0 saturated carbocycles. The van der Waals surface area contributed by atoms with Crippen molar-refractivity contribution >= 4 is 43.5 Å². The third-order valence-corrected chi connectivity index (χ3v) is 3.81. The number of carboxylic acid groups (broad SMARTS) is 1. The summed E-state index contributed by atoms with van der Waals surface area (Å²) in [6.07, 6.45) is 1.35. The van der Waals surface area contributed by atoms with E-state index < -0.39 is 11.7 Å². The molecule has 0 aliphatic carbocycles. The molecular formula is C7H3BrN2O3S. The Morgan fingerprint density at radius 3 is 3.00 bits per heavy atom. The molecule has 14 heavy (non-hydrogen) atoms. The molecule has 0 amide bonds. The Bertz CT molecular complexity index is 574. The molecule has 0 aliphatic heterocycles. The summed E-state index contributed by atoms with van der Waals surface area (Å²) >= 11 is 4.15.